The van der Waals surface area contributed by atoms with Crippen molar-refractivity contribution in [3.63, 3.8) is 0 Å². The van der Waals surface area contributed by atoms with E-state index in [1.807, 2.05) is 17.0 Å². The van der Waals surface area contributed by atoms with E-state index in [0.717, 1.165) is 56.6 Å². The van der Waals surface area contributed by atoms with E-state index in [1.165, 1.54) is 5.56 Å². The van der Waals surface area contributed by atoms with Gasteiger partial charge in [0.05, 0.1) is 0 Å². The highest BCUT2D eigenvalue weighted by atomic mass is 35.5. The summed E-state index contributed by atoms with van der Waals surface area (Å²) in [6.45, 7) is 6.96. The predicted octanol–water partition coefficient (Wildman–Crippen LogP) is 3.73. The van der Waals surface area contributed by atoms with E-state index in [4.69, 9.17) is 0 Å². The van der Waals surface area contributed by atoms with Gasteiger partial charge < -0.3 is 10.2 Å². The number of amides is 1. The Kier molecular flexibility index (Phi) is 6.86. The second kappa shape index (κ2) is 8.15. The average molecular weight is 297 g/mol. The van der Waals surface area contributed by atoms with Gasteiger partial charge in [-0.2, -0.15) is 0 Å². The van der Waals surface area contributed by atoms with E-state index in [-0.39, 0.29) is 18.3 Å². The van der Waals surface area contributed by atoms with Crippen LogP contribution in [0.1, 0.15) is 49.0 Å². The number of nitrogens with zero attached hydrogens (tertiary/aromatic N) is 1. The number of fused-ring (bicyclic) bond motifs is 1. The monoisotopic (exact) mass is 296 g/mol. The van der Waals surface area contributed by atoms with Crippen LogP contribution in [0.25, 0.3) is 0 Å². The molecule has 2 rings (SSSR count). The quantitative estimate of drug-likeness (QED) is 0.898. The minimum atomic E-state index is 0. The zero-order valence-electron chi connectivity index (χ0n) is 12.4. The van der Waals surface area contributed by atoms with Gasteiger partial charge in [-0.3, -0.25) is 4.79 Å². The van der Waals surface area contributed by atoms with Gasteiger partial charge in [0.15, 0.2) is 0 Å². The van der Waals surface area contributed by atoms with Crippen molar-refractivity contribution >= 4 is 24.0 Å². The van der Waals surface area contributed by atoms with Gasteiger partial charge in [-0.05, 0) is 43.4 Å². The molecule has 3 nitrogen and oxygen atoms in total. The molecule has 0 saturated heterocycles. The second-order valence-corrected chi connectivity index (χ2v) is 5.15. The van der Waals surface area contributed by atoms with Gasteiger partial charge in [-0.15, -0.1) is 12.4 Å². The van der Waals surface area contributed by atoms with E-state index < -0.39 is 0 Å². The third-order valence-corrected chi connectivity index (χ3v) is 3.60. The second-order valence-electron chi connectivity index (χ2n) is 5.15. The molecule has 0 bridgehead atoms. The van der Waals surface area contributed by atoms with Crippen LogP contribution in [0.5, 0.6) is 0 Å². The number of hydrogen-bond acceptors (Lipinski definition) is 2. The van der Waals surface area contributed by atoms with E-state index in [9.17, 15) is 4.79 Å². The Morgan fingerprint density at radius 1 is 1.25 bits per heavy atom. The lowest BCUT2D eigenvalue weighted by molar-refractivity contribution is 0.0754. The molecule has 1 aromatic rings. The number of rotatable bonds is 5. The summed E-state index contributed by atoms with van der Waals surface area (Å²) in [5.41, 5.74) is 3.24. The van der Waals surface area contributed by atoms with E-state index in [2.05, 4.69) is 25.2 Å². The lowest BCUT2D eigenvalue weighted by Crippen LogP contribution is -2.33. The van der Waals surface area contributed by atoms with Crippen molar-refractivity contribution in [2.45, 2.75) is 39.5 Å². The topological polar surface area (TPSA) is 32.3 Å². The van der Waals surface area contributed by atoms with Crippen LogP contribution in [0.2, 0.25) is 0 Å². The third-order valence-electron chi connectivity index (χ3n) is 3.60. The Morgan fingerprint density at radius 2 is 1.95 bits per heavy atom. The average Bonchev–Trinajstić information content (AvgIpc) is 2.46. The zero-order chi connectivity index (χ0) is 13.7. The molecule has 0 unspecified atom stereocenters. The smallest absolute Gasteiger partial charge is 0.254 e. The first-order valence-electron chi connectivity index (χ1n) is 7.43. The maximum Gasteiger partial charge on any atom is 0.254 e. The SMILES string of the molecule is CCCN(CCC)C(=O)c1cccc2c1CCCN2.Cl. The Balaban J connectivity index is 0.00000200. The van der Waals surface area contributed by atoms with Crippen molar-refractivity contribution < 1.29 is 4.79 Å². The molecule has 0 spiro atoms. The Hall–Kier alpha value is -1.22. The Morgan fingerprint density at radius 3 is 2.60 bits per heavy atom. The van der Waals surface area contributed by atoms with E-state index >= 15 is 0 Å². The molecule has 20 heavy (non-hydrogen) atoms. The summed E-state index contributed by atoms with van der Waals surface area (Å²) in [6, 6.07) is 6.04. The summed E-state index contributed by atoms with van der Waals surface area (Å²) >= 11 is 0. The highest BCUT2D eigenvalue weighted by molar-refractivity contribution is 5.97. The number of halogens is 1. The fraction of sp³-hybridized carbons (Fsp3) is 0.562. The number of nitrogens with one attached hydrogen (secondary N) is 1. The number of hydrogen-bond donors (Lipinski definition) is 1. The molecule has 0 atom stereocenters. The summed E-state index contributed by atoms with van der Waals surface area (Å²) in [6.07, 6.45) is 4.15. The molecule has 1 aliphatic heterocycles. The molecule has 0 aromatic heterocycles. The lowest BCUT2D eigenvalue weighted by Gasteiger charge is -2.25. The first-order chi connectivity index (χ1) is 9.27. The van der Waals surface area contributed by atoms with Gasteiger partial charge >= 0.3 is 0 Å². The Labute approximate surface area is 128 Å². The zero-order valence-corrected chi connectivity index (χ0v) is 13.3. The molecule has 0 saturated carbocycles. The molecule has 1 aromatic carbocycles. The summed E-state index contributed by atoms with van der Waals surface area (Å²) < 4.78 is 0. The van der Waals surface area contributed by atoms with Crippen molar-refractivity contribution in [1.29, 1.82) is 0 Å². The number of benzene rings is 1. The molecule has 1 N–H and O–H groups in total. The van der Waals surface area contributed by atoms with Crippen molar-refractivity contribution in [3.8, 4) is 0 Å². The third kappa shape index (κ3) is 3.66. The maximum atomic E-state index is 12.7. The van der Waals surface area contributed by atoms with Gasteiger partial charge in [0.2, 0.25) is 0 Å². The minimum Gasteiger partial charge on any atom is -0.385 e. The van der Waals surface area contributed by atoms with Crippen molar-refractivity contribution in [1.82, 2.24) is 4.90 Å². The van der Waals surface area contributed by atoms with Crippen LogP contribution >= 0.6 is 12.4 Å². The summed E-state index contributed by atoms with van der Waals surface area (Å²) in [5, 5.41) is 3.39. The van der Waals surface area contributed by atoms with Gasteiger partial charge in [-0.25, -0.2) is 0 Å². The van der Waals surface area contributed by atoms with Crippen molar-refractivity contribution in [3.05, 3.63) is 29.3 Å². The van der Waals surface area contributed by atoms with Gasteiger partial charge in [0, 0.05) is 30.9 Å². The van der Waals surface area contributed by atoms with E-state index in [0.29, 0.717) is 0 Å². The predicted molar refractivity (Wildman–Crippen MR) is 87.0 cm³/mol. The minimum absolute atomic E-state index is 0. The molecular weight excluding hydrogens is 272 g/mol. The number of carbonyl (C=O) groups excluding carboxylic acids is 1. The van der Waals surface area contributed by atoms with Crippen LogP contribution in [0.3, 0.4) is 0 Å². The molecule has 112 valence electrons. The maximum absolute atomic E-state index is 12.7. The molecule has 1 heterocycles. The number of anilines is 1. The van der Waals surface area contributed by atoms with Crippen molar-refractivity contribution in [2.75, 3.05) is 25.0 Å². The molecule has 1 amide bonds. The summed E-state index contributed by atoms with van der Waals surface area (Å²) in [5.74, 6) is 0.198. The first-order valence-corrected chi connectivity index (χ1v) is 7.43. The van der Waals surface area contributed by atoms with Crippen LogP contribution in [0.4, 0.5) is 5.69 Å². The van der Waals surface area contributed by atoms with Crippen LogP contribution in [0.15, 0.2) is 18.2 Å². The van der Waals surface area contributed by atoms with Crippen LogP contribution in [-0.4, -0.2) is 30.4 Å². The first kappa shape index (κ1) is 16.8. The van der Waals surface area contributed by atoms with E-state index in [1.54, 1.807) is 0 Å². The highest BCUT2D eigenvalue weighted by Gasteiger charge is 2.20. The molecule has 0 fully saturated rings. The standard InChI is InChI=1S/C16H24N2O.ClH/c1-3-11-18(12-4-2)16(19)14-7-5-9-15-13(14)8-6-10-17-15;/h5,7,9,17H,3-4,6,8,10-12H2,1-2H3;1H. The molecule has 1 aliphatic rings. The van der Waals surface area contributed by atoms with Crippen LogP contribution in [0, 0.1) is 0 Å². The van der Waals surface area contributed by atoms with Crippen LogP contribution in [-0.2, 0) is 6.42 Å². The molecule has 0 aliphatic carbocycles. The highest BCUT2D eigenvalue weighted by Crippen LogP contribution is 2.26. The van der Waals surface area contributed by atoms with Crippen LogP contribution < -0.4 is 5.32 Å². The lowest BCUT2D eigenvalue weighted by atomic mass is 9.96. The number of carbonyl (C=O) groups is 1. The van der Waals surface area contributed by atoms with Gasteiger partial charge in [-0.1, -0.05) is 19.9 Å². The molecule has 4 heteroatoms. The fourth-order valence-corrected chi connectivity index (χ4v) is 2.74. The molecule has 0 radical (unpaired) electrons. The van der Waals surface area contributed by atoms with Gasteiger partial charge in [0.1, 0.15) is 0 Å². The van der Waals surface area contributed by atoms with Crippen molar-refractivity contribution in [2.24, 2.45) is 0 Å². The fourth-order valence-electron chi connectivity index (χ4n) is 2.74. The Bertz CT molecular complexity index is 442. The summed E-state index contributed by atoms with van der Waals surface area (Å²) in [4.78, 5) is 14.7. The largest absolute Gasteiger partial charge is 0.385 e. The normalized spacial score (nSPS) is 12.9. The van der Waals surface area contributed by atoms with Gasteiger partial charge in [0.25, 0.3) is 5.91 Å². The molecular formula is C16H25ClN2O. The summed E-state index contributed by atoms with van der Waals surface area (Å²) in [7, 11) is 0.